The summed E-state index contributed by atoms with van der Waals surface area (Å²) in [6.45, 7) is 4.60. The van der Waals surface area contributed by atoms with Crippen molar-refractivity contribution in [1.82, 2.24) is 10.7 Å². The van der Waals surface area contributed by atoms with Crippen LogP contribution in [0.4, 0.5) is 0 Å². The van der Waals surface area contributed by atoms with Gasteiger partial charge in [0, 0.05) is 6.54 Å². The minimum absolute atomic E-state index is 0.243. The summed E-state index contributed by atoms with van der Waals surface area (Å²) in [5.74, 6) is 0.243. The van der Waals surface area contributed by atoms with Crippen LogP contribution in [-0.2, 0) is 0 Å². The van der Waals surface area contributed by atoms with Gasteiger partial charge in [0.05, 0.1) is 5.71 Å². The average molecular weight is 237 g/mol. The van der Waals surface area contributed by atoms with Gasteiger partial charge in [0.25, 0.3) is 0 Å². The zero-order valence-corrected chi connectivity index (χ0v) is 10.1. The largest absolute Gasteiger partial charge is 0.508 e. The van der Waals surface area contributed by atoms with Crippen LogP contribution in [0.3, 0.4) is 0 Å². The molecule has 3 N–H and O–H groups in total. The molecule has 0 saturated heterocycles. The molecule has 0 aromatic heterocycles. The lowest BCUT2D eigenvalue weighted by Gasteiger charge is -2.05. The number of hydrazone groups is 1. The van der Waals surface area contributed by atoms with Gasteiger partial charge in [0.2, 0.25) is 0 Å². The zero-order valence-electron chi connectivity index (χ0n) is 9.32. The smallest absolute Gasteiger partial charge is 0.186 e. The maximum absolute atomic E-state index is 9.14. The first-order valence-corrected chi connectivity index (χ1v) is 5.42. The molecule has 0 amide bonds. The molecule has 5 heteroatoms. The third-order valence-corrected chi connectivity index (χ3v) is 2.18. The maximum Gasteiger partial charge on any atom is 0.186 e. The van der Waals surface area contributed by atoms with Crippen LogP contribution in [0.2, 0.25) is 0 Å². The number of aromatic hydroxyl groups is 1. The number of hydrogen-bond acceptors (Lipinski definition) is 3. The van der Waals surface area contributed by atoms with Crippen molar-refractivity contribution in [2.24, 2.45) is 5.10 Å². The normalized spacial score (nSPS) is 11.0. The van der Waals surface area contributed by atoms with E-state index in [9.17, 15) is 0 Å². The van der Waals surface area contributed by atoms with E-state index in [4.69, 9.17) is 17.3 Å². The van der Waals surface area contributed by atoms with Gasteiger partial charge in [-0.3, -0.25) is 5.43 Å². The second kappa shape index (κ2) is 6.07. The molecular formula is C11H15N3OS. The molecule has 0 aliphatic heterocycles. The SMILES string of the molecule is CCNC(=S)N/N=C(/C)c1ccc(O)cc1. The van der Waals surface area contributed by atoms with Crippen molar-refractivity contribution < 1.29 is 5.11 Å². The lowest BCUT2D eigenvalue weighted by Crippen LogP contribution is -2.32. The Morgan fingerprint density at radius 3 is 2.56 bits per heavy atom. The summed E-state index contributed by atoms with van der Waals surface area (Å²) < 4.78 is 0. The first-order valence-electron chi connectivity index (χ1n) is 5.01. The average Bonchev–Trinajstić information content (AvgIpc) is 2.27. The van der Waals surface area contributed by atoms with E-state index in [-0.39, 0.29) is 5.75 Å². The van der Waals surface area contributed by atoms with Crippen molar-refractivity contribution in [2.45, 2.75) is 13.8 Å². The number of hydrogen-bond donors (Lipinski definition) is 3. The molecule has 4 nitrogen and oxygen atoms in total. The molecule has 0 atom stereocenters. The molecular weight excluding hydrogens is 222 g/mol. The molecule has 1 aromatic carbocycles. The predicted octanol–water partition coefficient (Wildman–Crippen LogP) is 1.60. The second-order valence-electron chi connectivity index (χ2n) is 3.22. The van der Waals surface area contributed by atoms with Crippen molar-refractivity contribution in [1.29, 1.82) is 0 Å². The Balaban J connectivity index is 2.63. The van der Waals surface area contributed by atoms with Gasteiger partial charge in [0.1, 0.15) is 5.75 Å². The monoisotopic (exact) mass is 237 g/mol. The molecule has 1 rings (SSSR count). The number of benzene rings is 1. The third kappa shape index (κ3) is 3.86. The zero-order chi connectivity index (χ0) is 12.0. The molecule has 86 valence electrons. The highest BCUT2D eigenvalue weighted by atomic mass is 32.1. The van der Waals surface area contributed by atoms with Crippen molar-refractivity contribution in [3.63, 3.8) is 0 Å². The van der Waals surface area contributed by atoms with Gasteiger partial charge in [0.15, 0.2) is 5.11 Å². The van der Waals surface area contributed by atoms with Crippen molar-refractivity contribution in [3.05, 3.63) is 29.8 Å². The molecule has 0 spiro atoms. The minimum Gasteiger partial charge on any atom is -0.508 e. The molecule has 0 bridgehead atoms. The third-order valence-electron chi connectivity index (χ3n) is 1.95. The summed E-state index contributed by atoms with van der Waals surface area (Å²) in [4.78, 5) is 0. The lowest BCUT2D eigenvalue weighted by molar-refractivity contribution is 0.475. The van der Waals surface area contributed by atoms with Crippen LogP contribution in [-0.4, -0.2) is 22.5 Å². The number of rotatable bonds is 3. The highest BCUT2D eigenvalue weighted by Crippen LogP contribution is 2.10. The van der Waals surface area contributed by atoms with Gasteiger partial charge in [-0.05, 0) is 55.9 Å². The maximum atomic E-state index is 9.14. The molecule has 16 heavy (non-hydrogen) atoms. The predicted molar refractivity (Wildman–Crippen MR) is 69.7 cm³/mol. The number of nitrogens with one attached hydrogen (secondary N) is 2. The molecule has 1 aromatic rings. The highest BCUT2D eigenvalue weighted by Gasteiger charge is 1.97. The Kier molecular flexibility index (Phi) is 4.72. The van der Waals surface area contributed by atoms with Crippen molar-refractivity contribution in [2.75, 3.05) is 6.54 Å². The van der Waals surface area contributed by atoms with Crippen LogP contribution in [0.15, 0.2) is 29.4 Å². The van der Waals surface area contributed by atoms with Crippen LogP contribution >= 0.6 is 12.2 Å². The van der Waals surface area contributed by atoms with Crippen molar-refractivity contribution in [3.8, 4) is 5.75 Å². The van der Waals surface area contributed by atoms with E-state index < -0.39 is 0 Å². The van der Waals surface area contributed by atoms with Crippen LogP contribution in [0, 0.1) is 0 Å². The summed E-state index contributed by atoms with van der Waals surface area (Å²) in [6, 6.07) is 6.84. The molecule has 0 unspecified atom stereocenters. The van der Waals surface area contributed by atoms with Gasteiger partial charge in [-0.2, -0.15) is 5.10 Å². The molecule has 0 aliphatic rings. The molecule has 0 saturated carbocycles. The topological polar surface area (TPSA) is 56.7 Å². The lowest BCUT2D eigenvalue weighted by atomic mass is 10.1. The summed E-state index contributed by atoms with van der Waals surface area (Å²) in [6.07, 6.45) is 0. The Morgan fingerprint density at radius 2 is 2.00 bits per heavy atom. The molecule has 0 radical (unpaired) electrons. The Morgan fingerprint density at radius 1 is 1.38 bits per heavy atom. The molecule has 0 heterocycles. The van der Waals surface area contributed by atoms with E-state index in [1.54, 1.807) is 24.3 Å². The quantitative estimate of drug-likeness (QED) is 0.424. The second-order valence-corrected chi connectivity index (χ2v) is 3.62. The molecule has 0 aliphatic carbocycles. The van der Waals surface area contributed by atoms with Crippen LogP contribution < -0.4 is 10.7 Å². The van der Waals surface area contributed by atoms with Crippen LogP contribution in [0.25, 0.3) is 0 Å². The van der Waals surface area contributed by atoms with E-state index in [0.29, 0.717) is 5.11 Å². The number of nitrogens with zero attached hydrogens (tertiary/aromatic N) is 1. The summed E-state index contributed by atoms with van der Waals surface area (Å²) in [7, 11) is 0. The fourth-order valence-corrected chi connectivity index (χ4v) is 1.29. The minimum atomic E-state index is 0.243. The standard InChI is InChI=1S/C11H15N3OS/c1-3-12-11(16)14-13-8(2)9-4-6-10(15)7-5-9/h4-7,15H,3H2,1-2H3,(H2,12,14,16)/b13-8-. The number of thiocarbonyl (C=S) groups is 1. The van der Waals surface area contributed by atoms with Crippen LogP contribution in [0.5, 0.6) is 5.75 Å². The van der Waals surface area contributed by atoms with E-state index >= 15 is 0 Å². The fourth-order valence-electron chi connectivity index (χ4n) is 1.10. The fraction of sp³-hybridized carbons (Fsp3) is 0.273. The van der Waals surface area contributed by atoms with E-state index in [0.717, 1.165) is 17.8 Å². The van der Waals surface area contributed by atoms with Gasteiger partial charge in [-0.25, -0.2) is 0 Å². The Labute approximate surface area is 100 Å². The summed E-state index contributed by atoms with van der Waals surface area (Å²) >= 11 is 4.97. The van der Waals surface area contributed by atoms with E-state index in [1.165, 1.54) is 0 Å². The summed E-state index contributed by atoms with van der Waals surface area (Å²) in [5.41, 5.74) is 4.48. The van der Waals surface area contributed by atoms with E-state index in [1.807, 2.05) is 13.8 Å². The Hall–Kier alpha value is -1.62. The first-order chi connectivity index (χ1) is 7.63. The van der Waals surface area contributed by atoms with E-state index in [2.05, 4.69) is 15.8 Å². The number of phenols is 1. The van der Waals surface area contributed by atoms with Crippen molar-refractivity contribution >= 4 is 23.0 Å². The highest BCUT2D eigenvalue weighted by molar-refractivity contribution is 7.80. The van der Waals surface area contributed by atoms with Gasteiger partial charge in [-0.1, -0.05) is 0 Å². The molecule has 0 fully saturated rings. The van der Waals surface area contributed by atoms with Gasteiger partial charge < -0.3 is 10.4 Å². The van der Waals surface area contributed by atoms with Crippen LogP contribution in [0.1, 0.15) is 19.4 Å². The van der Waals surface area contributed by atoms with Gasteiger partial charge in [-0.15, -0.1) is 0 Å². The Bertz CT molecular complexity index is 387. The van der Waals surface area contributed by atoms with Gasteiger partial charge >= 0.3 is 0 Å². The first kappa shape index (κ1) is 12.4. The number of phenolic OH excluding ortho intramolecular Hbond substituents is 1. The summed E-state index contributed by atoms with van der Waals surface area (Å²) in [5, 5.41) is 16.7.